The van der Waals surface area contributed by atoms with Crippen LogP contribution < -0.4 is 4.74 Å². The van der Waals surface area contributed by atoms with Crippen molar-refractivity contribution < 1.29 is 14.3 Å². The van der Waals surface area contributed by atoms with Gasteiger partial charge in [-0.3, -0.25) is 4.90 Å². The third kappa shape index (κ3) is 3.06. The summed E-state index contributed by atoms with van der Waals surface area (Å²) in [7, 11) is 0. The molecular formula is C16H23NO3. The number of hydrogen-bond acceptors (Lipinski definition) is 3. The molecule has 0 unspecified atom stereocenters. The van der Waals surface area contributed by atoms with Crippen LogP contribution in [0.5, 0.6) is 5.75 Å². The van der Waals surface area contributed by atoms with Crippen molar-refractivity contribution in [2.24, 2.45) is 5.92 Å². The van der Waals surface area contributed by atoms with E-state index in [1.807, 2.05) is 19.1 Å². The van der Waals surface area contributed by atoms with Crippen molar-refractivity contribution in [2.75, 3.05) is 19.8 Å². The van der Waals surface area contributed by atoms with E-state index in [2.05, 4.69) is 26.8 Å². The van der Waals surface area contributed by atoms with Gasteiger partial charge in [0.25, 0.3) is 0 Å². The number of nitrogens with zero attached hydrogens (tertiary/aromatic N) is 1. The summed E-state index contributed by atoms with van der Waals surface area (Å²) in [6, 6.07) is 6.17. The number of rotatable bonds is 5. The number of ether oxygens (including phenoxy) is 2. The Morgan fingerprint density at radius 3 is 2.85 bits per heavy atom. The van der Waals surface area contributed by atoms with Crippen molar-refractivity contribution in [1.82, 2.24) is 4.90 Å². The van der Waals surface area contributed by atoms with E-state index in [9.17, 15) is 4.79 Å². The lowest BCUT2D eigenvalue weighted by atomic mass is 10.1. The summed E-state index contributed by atoms with van der Waals surface area (Å²) in [5.74, 6) is 1.28. The van der Waals surface area contributed by atoms with Crippen LogP contribution in [-0.2, 0) is 4.74 Å². The molecule has 0 bridgehead atoms. The number of hydrogen-bond donors (Lipinski definition) is 0. The van der Waals surface area contributed by atoms with Gasteiger partial charge in [-0.15, -0.1) is 0 Å². The predicted molar refractivity (Wildman–Crippen MR) is 78.1 cm³/mol. The van der Waals surface area contributed by atoms with Crippen LogP contribution >= 0.6 is 0 Å². The molecule has 1 aliphatic rings. The van der Waals surface area contributed by atoms with Gasteiger partial charge in [0.15, 0.2) is 0 Å². The third-order valence-electron chi connectivity index (χ3n) is 3.93. The summed E-state index contributed by atoms with van der Waals surface area (Å²) in [6.07, 6.45) is -0.228. The number of carbonyl (C=O) groups excluding carboxylic acids is 1. The van der Waals surface area contributed by atoms with Crippen molar-refractivity contribution in [3.8, 4) is 5.75 Å². The molecule has 1 saturated heterocycles. The van der Waals surface area contributed by atoms with Gasteiger partial charge < -0.3 is 9.47 Å². The quantitative estimate of drug-likeness (QED) is 0.830. The molecule has 2 rings (SSSR count). The number of cyclic esters (lactones) is 1. The summed E-state index contributed by atoms with van der Waals surface area (Å²) in [5, 5.41) is 0. The maximum atomic E-state index is 11.7. The van der Waals surface area contributed by atoms with Crippen molar-refractivity contribution in [2.45, 2.75) is 33.7 Å². The van der Waals surface area contributed by atoms with Crippen LogP contribution in [0.1, 0.15) is 25.0 Å². The highest BCUT2D eigenvalue weighted by Crippen LogP contribution is 2.22. The second-order valence-corrected chi connectivity index (χ2v) is 5.63. The highest BCUT2D eigenvalue weighted by Gasteiger charge is 2.34. The molecule has 1 atom stereocenters. The van der Waals surface area contributed by atoms with Gasteiger partial charge in [-0.25, -0.2) is 4.79 Å². The summed E-state index contributed by atoms with van der Waals surface area (Å²) in [5.41, 5.74) is 2.36. The van der Waals surface area contributed by atoms with Crippen LogP contribution in [-0.4, -0.2) is 36.8 Å². The second-order valence-electron chi connectivity index (χ2n) is 5.63. The highest BCUT2D eigenvalue weighted by atomic mass is 16.6. The minimum atomic E-state index is -0.228. The molecule has 0 saturated carbocycles. The van der Waals surface area contributed by atoms with Crippen LogP contribution in [0.3, 0.4) is 0 Å². The van der Waals surface area contributed by atoms with Gasteiger partial charge in [-0.2, -0.15) is 0 Å². The summed E-state index contributed by atoms with van der Waals surface area (Å²) < 4.78 is 10.9. The van der Waals surface area contributed by atoms with Gasteiger partial charge >= 0.3 is 6.09 Å². The minimum absolute atomic E-state index is 0.157. The molecule has 1 heterocycles. The van der Waals surface area contributed by atoms with E-state index in [-0.39, 0.29) is 12.1 Å². The lowest BCUT2D eigenvalue weighted by molar-refractivity contribution is 0.148. The van der Waals surface area contributed by atoms with E-state index in [0.29, 0.717) is 25.7 Å². The van der Waals surface area contributed by atoms with Crippen molar-refractivity contribution in [3.05, 3.63) is 29.3 Å². The summed E-state index contributed by atoms with van der Waals surface area (Å²) >= 11 is 0. The Labute approximate surface area is 120 Å². The molecule has 1 aromatic carbocycles. The topological polar surface area (TPSA) is 38.8 Å². The molecule has 0 aromatic heterocycles. The van der Waals surface area contributed by atoms with E-state index in [4.69, 9.17) is 9.47 Å². The minimum Gasteiger partial charge on any atom is -0.491 e. The molecule has 0 radical (unpaired) electrons. The Morgan fingerprint density at radius 1 is 1.40 bits per heavy atom. The molecule has 0 spiro atoms. The third-order valence-corrected chi connectivity index (χ3v) is 3.93. The van der Waals surface area contributed by atoms with E-state index in [0.717, 1.165) is 11.3 Å². The standard InChI is InChI=1S/C16H23NO3/c1-11(2)14-10-20-16(18)17(14)8-9-19-15-7-5-6-12(3)13(15)4/h5-7,11,14H,8-10H2,1-4H3/t14-/m1/s1. The molecule has 4 heteroatoms. The van der Waals surface area contributed by atoms with Crippen LogP contribution in [0.15, 0.2) is 18.2 Å². The van der Waals surface area contributed by atoms with E-state index >= 15 is 0 Å². The average molecular weight is 277 g/mol. The van der Waals surface area contributed by atoms with Gasteiger partial charge in [-0.05, 0) is 37.0 Å². The normalized spacial score (nSPS) is 18.6. The fourth-order valence-electron chi connectivity index (χ4n) is 2.41. The summed E-state index contributed by atoms with van der Waals surface area (Å²) in [6.45, 7) is 9.86. The van der Waals surface area contributed by atoms with Crippen LogP contribution in [0.2, 0.25) is 0 Å². The van der Waals surface area contributed by atoms with Gasteiger partial charge in [0, 0.05) is 0 Å². The lowest BCUT2D eigenvalue weighted by Crippen LogP contribution is -2.39. The maximum Gasteiger partial charge on any atom is 0.410 e. The first-order chi connectivity index (χ1) is 9.50. The fraction of sp³-hybridized carbons (Fsp3) is 0.562. The molecule has 4 nitrogen and oxygen atoms in total. The Hall–Kier alpha value is -1.71. The zero-order valence-electron chi connectivity index (χ0n) is 12.7. The monoisotopic (exact) mass is 277 g/mol. The summed E-state index contributed by atoms with van der Waals surface area (Å²) in [4.78, 5) is 13.5. The highest BCUT2D eigenvalue weighted by molar-refractivity contribution is 5.70. The fourth-order valence-corrected chi connectivity index (χ4v) is 2.41. The average Bonchev–Trinajstić information content (AvgIpc) is 2.76. The Kier molecular flexibility index (Phi) is 4.53. The molecule has 1 amide bonds. The number of aryl methyl sites for hydroxylation is 1. The van der Waals surface area contributed by atoms with Crippen molar-refractivity contribution in [1.29, 1.82) is 0 Å². The largest absolute Gasteiger partial charge is 0.491 e. The number of carbonyl (C=O) groups is 1. The first-order valence-electron chi connectivity index (χ1n) is 7.13. The zero-order chi connectivity index (χ0) is 14.7. The van der Waals surface area contributed by atoms with Gasteiger partial charge in [0.05, 0.1) is 12.6 Å². The lowest BCUT2D eigenvalue weighted by Gasteiger charge is -2.24. The zero-order valence-corrected chi connectivity index (χ0v) is 12.7. The van der Waals surface area contributed by atoms with Gasteiger partial charge in [0.2, 0.25) is 0 Å². The SMILES string of the molecule is Cc1cccc(OCCN2C(=O)OC[C@@H]2C(C)C)c1C. The smallest absolute Gasteiger partial charge is 0.410 e. The first kappa shape index (κ1) is 14.7. The molecular weight excluding hydrogens is 254 g/mol. The Bertz CT molecular complexity index is 485. The molecule has 1 aromatic rings. The molecule has 1 fully saturated rings. The van der Waals surface area contributed by atoms with Crippen LogP contribution in [0, 0.1) is 19.8 Å². The predicted octanol–water partition coefficient (Wildman–Crippen LogP) is 3.16. The second kappa shape index (κ2) is 6.16. The van der Waals surface area contributed by atoms with Crippen LogP contribution in [0.25, 0.3) is 0 Å². The molecule has 20 heavy (non-hydrogen) atoms. The first-order valence-corrected chi connectivity index (χ1v) is 7.13. The van der Waals surface area contributed by atoms with Crippen LogP contribution in [0.4, 0.5) is 4.79 Å². The van der Waals surface area contributed by atoms with E-state index < -0.39 is 0 Å². The van der Waals surface area contributed by atoms with Gasteiger partial charge in [0.1, 0.15) is 19.0 Å². The van der Waals surface area contributed by atoms with Gasteiger partial charge in [-0.1, -0.05) is 26.0 Å². The van der Waals surface area contributed by atoms with E-state index in [1.165, 1.54) is 5.56 Å². The van der Waals surface area contributed by atoms with E-state index in [1.54, 1.807) is 4.90 Å². The molecule has 0 N–H and O–H groups in total. The Morgan fingerprint density at radius 2 is 2.15 bits per heavy atom. The molecule has 1 aliphatic heterocycles. The molecule has 110 valence electrons. The van der Waals surface area contributed by atoms with Crippen molar-refractivity contribution >= 4 is 6.09 Å². The maximum absolute atomic E-state index is 11.7. The molecule has 0 aliphatic carbocycles. The van der Waals surface area contributed by atoms with Crippen molar-refractivity contribution in [3.63, 3.8) is 0 Å². The number of benzene rings is 1. The number of amides is 1. The Balaban J connectivity index is 1.92.